The summed E-state index contributed by atoms with van der Waals surface area (Å²) in [4.78, 5) is 16.8. The van der Waals surface area contributed by atoms with Crippen molar-refractivity contribution >= 4 is 44.8 Å². The number of hydrogen-bond acceptors (Lipinski definition) is 2. The standard InChI is InChI=1S/C15H11BrClN3O/c1-9-14(20-6-5-11(17)8-13(20)18-9)15(21)19-12-4-2-3-10(16)7-12/h2-8H,1H3,(H,19,21). The first-order chi connectivity index (χ1) is 10.0. The lowest BCUT2D eigenvalue weighted by Gasteiger charge is -2.06. The number of nitrogens with zero attached hydrogens (tertiary/aromatic N) is 2. The van der Waals surface area contributed by atoms with E-state index in [1.807, 2.05) is 24.3 Å². The minimum atomic E-state index is -0.208. The Kier molecular flexibility index (Phi) is 3.69. The van der Waals surface area contributed by atoms with Crippen LogP contribution in [0.25, 0.3) is 5.65 Å². The molecule has 0 saturated heterocycles. The predicted octanol–water partition coefficient (Wildman–Crippen LogP) is 4.31. The van der Waals surface area contributed by atoms with Crippen LogP contribution in [-0.2, 0) is 0 Å². The number of halogens is 2. The third kappa shape index (κ3) is 2.80. The van der Waals surface area contributed by atoms with Gasteiger partial charge >= 0.3 is 0 Å². The molecule has 1 amide bonds. The van der Waals surface area contributed by atoms with Gasteiger partial charge in [0.05, 0.1) is 5.69 Å². The summed E-state index contributed by atoms with van der Waals surface area (Å²) in [7, 11) is 0. The minimum absolute atomic E-state index is 0.208. The van der Waals surface area contributed by atoms with E-state index in [4.69, 9.17) is 11.6 Å². The number of aryl methyl sites for hydroxylation is 1. The van der Waals surface area contributed by atoms with Crippen molar-refractivity contribution in [1.29, 1.82) is 0 Å². The number of pyridine rings is 1. The molecule has 0 bridgehead atoms. The molecule has 0 saturated carbocycles. The van der Waals surface area contributed by atoms with Crippen LogP contribution >= 0.6 is 27.5 Å². The third-order valence-electron chi connectivity index (χ3n) is 3.06. The molecular weight excluding hydrogens is 354 g/mol. The number of amides is 1. The Labute approximate surface area is 134 Å². The van der Waals surface area contributed by atoms with Crippen LogP contribution < -0.4 is 5.32 Å². The zero-order valence-corrected chi connectivity index (χ0v) is 13.4. The molecule has 3 aromatic rings. The maximum atomic E-state index is 12.5. The molecule has 0 aliphatic heterocycles. The van der Waals surface area contributed by atoms with Crippen LogP contribution in [0.3, 0.4) is 0 Å². The summed E-state index contributed by atoms with van der Waals surface area (Å²) in [6.07, 6.45) is 1.74. The van der Waals surface area contributed by atoms with Gasteiger partial charge in [-0.1, -0.05) is 33.6 Å². The van der Waals surface area contributed by atoms with Crippen LogP contribution in [-0.4, -0.2) is 15.3 Å². The molecule has 21 heavy (non-hydrogen) atoms. The second-order valence-corrected chi connectivity index (χ2v) is 5.94. The fourth-order valence-corrected chi connectivity index (χ4v) is 2.72. The van der Waals surface area contributed by atoms with Crippen molar-refractivity contribution in [3.05, 3.63) is 63.5 Å². The highest BCUT2D eigenvalue weighted by atomic mass is 79.9. The first-order valence-electron chi connectivity index (χ1n) is 6.26. The number of benzene rings is 1. The smallest absolute Gasteiger partial charge is 0.274 e. The molecule has 0 spiro atoms. The largest absolute Gasteiger partial charge is 0.321 e. The molecular formula is C15H11BrClN3O. The van der Waals surface area contributed by atoms with Gasteiger partial charge < -0.3 is 5.32 Å². The highest BCUT2D eigenvalue weighted by Gasteiger charge is 2.16. The molecule has 0 unspecified atom stereocenters. The summed E-state index contributed by atoms with van der Waals surface area (Å²) >= 11 is 9.33. The number of carbonyl (C=O) groups is 1. The number of fused-ring (bicyclic) bond motifs is 1. The van der Waals surface area contributed by atoms with Crippen molar-refractivity contribution in [2.24, 2.45) is 0 Å². The number of carbonyl (C=O) groups excluding carboxylic acids is 1. The van der Waals surface area contributed by atoms with E-state index in [1.54, 1.807) is 29.7 Å². The molecule has 0 aliphatic carbocycles. The molecule has 2 aromatic heterocycles. The molecule has 4 nitrogen and oxygen atoms in total. The van der Waals surface area contributed by atoms with Gasteiger partial charge in [0, 0.05) is 27.4 Å². The van der Waals surface area contributed by atoms with E-state index in [0.717, 1.165) is 10.2 Å². The fraction of sp³-hybridized carbons (Fsp3) is 0.0667. The van der Waals surface area contributed by atoms with Gasteiger partial charge in [0.2, 0.25) is 0 Å². The highest BCUT2D eigenvalue weighted by Crippen LogP contribution is 2.19. The lowest BCUT2D eigenvalue weighted by atomic mass is 10.3. The Bertz CT molecular complexity index is 844. The summed E-state index contributed by atoms with van der Waals surface area (Å²) in [5.74, 6) is -0.208. The topological polar surface area (TPSA) is 46.4 Å². The van der Waals surface area contributed by atoms with E-state index in [9.17, 15) is 4.79 Å². The quantitative estimate of drug-likeness (QED) is 0.736. The summed E-state index contributed by atoms with van der Waals surface area (Å²) in [5.41, 5.74) is 2.53. The maximum absolute atomic E-state index is 12.5. The Balaban J connectivity index is 2.00. The van der Waals surface area contributed by atoms with Crippen LogP contribution in [0, 0.1) is 6.92 Å². The summed E-state index contributed by atoms with van der Waals surface area (Å²) in [5, 5.41) is 3.46. The Morgan fingerprint density at radius 1 is 1.33 bits per heavy atom. The molecule has 1 N–H and O–H groups in total. The number of imidazole rings is 1. The lowest BCUT2D eigenvalue weighted by Crippen LogP contribution is -2.15. The van der Waals surface area contributed by atoms with Crippen molar-refractivity contribution in [3.63, 3.8) is 0 Å². The van der Waals surface area contributed by atoms with E-state index in [1.165, 1.54) is 0 Å². The van der Waals surface area contributed by atoms with Crippen molar-refractivity contribution in [2.45, 2.75) is 6.92 Å². The first kappa shape index (κ1) is 14.1. The lowest BCUT2D eigenvalue weighted by molar-refractivity contribution is 0.102. The average Bonchev–Trinajstić information content (AvgIpc) is 2.73. The van der Waals surface area contributed by atoms with E-state index in [0.29, 0.717) is 22.1 Å². The average molecular weight is 365 g/mol. The molecule has 106 valence electrons. The zero-order valence-electron chi connectivity index (χ0n) is 11.1. The molecule has 0 atom stereocenters. The third-order valence-corrected chi connectivity index (χ3v) is 3.79. The highest BCUT2D eigenvalue weighted by molar-refractivity contribution is 9.10. The van der Waals surface area contributed by atoms with Crippen molar-refractivity contribution in [2.75, 3.05) is 5.32 Å². The van der Waals surface area contributed by atoms with Crippen molar-refractivity contribution < 1.29 is 4.79 Å². The van der Waals surface area contributed by atoms with Gasteiger partial charge in [-0.25, -0.2) is 4.98 Å². The van der Waals surface area contributed by atoms with Crippen molar-refractivity contribution in [1.82, 2.24) is 9.38 Å². The van der Waals surface area contributed by atoms with Crippen LogP contribution in [0.15, 0.2) is 47.1 Å². The van der Waals surface area contributed by atoms with Gasteiger partial charge in [-0.2, -0.15) is 0 Å². The molecule has 0 fully saturated rings. The van der Waals surface area contributed by atoms with Gasteiger partial charge in [-0.3, -0.25) is 9.20 Å². The van der Waals surface area contributed by atoms with Gasteiger partial charge in [-0.15, -0.1) is 0 Å². The Hall–Kier alpha value is -1.85. The number of anilines is 1. The molecule has 0 aliphatic rings. The van der Waals surface area contributed by atoms with Crippen LogP contribution in [0.4, 0.5) is 5.69 Å². The van der Waals surface area contributed by atoms with Crippen LogP contribution in [0.2, 0.25) is 5.02 Å². The second-order valence-electron chi connectivity index (χ2n) is 4.58. The Morgan fingerprint density at radius 2 is 2.14 bits per heavy atom. The summed E-state index contributed by atoms with van der Waals surface area (Å²) < 4.78 is 2.64. The fourth-order valence-electron chi connectivity index (χ4n) is 2.17. The van der Waals surface area contributed by atoms with Gasteiger partial charge in [0.25, 0.3) is 5.91 Å². The monoisotopic (exact) mass is 363 g/mol. The van der Waals surface area contributed by atoms with Gasteiger partial charge in [0.15, 0.2) is 0 Å². The van der Waals surface area contributed by atoms with Crippen LogP contribution in [0.5, 0.6) is 0 Å². The van der Waals surface area contributed by atoms with Gasteiger partial charge in [-0.05, 0) is 31.2 Å². The number of rotatable bonds is 2. The molecule has 0 radical (unpaired) electrons. The Morgan fingerprint density at radius 3 is 2.90 bits per heavy atom. The van der Waals surface area contributed by atoms with E-state index < -0.39 is 0 Å². The minimum Gasteiger partial charge on any atom is -0.321 e. The second kappa shape index (κ2) is 5.50. The molecule has 1 aromatic carbocycles. The van der Waals surface area contributed by atoms with Crippen LogP contribution in [0.1, 0.15) is 16.2 Å². The maximum Gasteiger partial charge on any atom is 0.274 e. The predicted molar refractivity (Wildman–Crippen MR) is 87.0 cm³/mol. The summed E-state index contributed by atoms with van der Waals surface area (Å²) in [6.45, 7) is 1.80. The SMILES string of the molecule is Cc1nc2cc(Cl)ccn2c1C(=O)Nc1cccc(Br)c1. The van der Waals surface area contributed by atoms with Gasteiger partial charge in [0.1, 0.15) is 11.3 Å². The number of hydrogen-bond donors (Lipinski definition) is 1. The van der Waals surface area contributed by atoms with E-state index >= 15 is 0 Å². The molecule has 6 heteroatoms. The van der Waals surface area contributed by atoms with E-state index in [2.05, 4.69) is 26.2 Å². The number of nitrogens with one attached hydrogen (secondary N) is 1. The summed E-state index contributed by atoms with van der Waals surface area (Å²) in [6, 6.07) is 10.9. The molecule has 3 rings (SSSR count). The zero-order chi connectivity index (χ0) is 15.0. The van der Waals surface area contributed by atoms with Crippen molar-refractivity contribution in [3.8, 4) is 0 Å². The normalized spacial score (nSPS) is 10.8. The molecule has 2 heterocycles. The van der Waals surface area contributed by atoms with E-state index in [-0.39, 0.29) is 5.91 Å². The number of aromatic nitrogens is 2. The first-order valence-corrected chi connectivity index (χ1v) is 7.43.